The van der Waals surface area contributed by atoms with Crippen molar-refractivity contribution < 1.29 is 4.74 Å². The summed E-state index contributed by atoms with van der Waals surface area (Å²) in [6, 6.07) is 4.82. The molecule has 6 heteroatoms. The van der Waals surface area contributed by atoms with Crippen LogP contribution in [0.4, 0.5) is 0 Å². The van der Waals surface area contributed by atoms with Gasteiger partial charge in [0.2, 0.25) is 0 Å². The van der Waals surface area contributed by atoms with Crippen molar-refractivity contribution in [3.63, 3.8) is 0 Å². The summed E-state index contributed by atoms with van der Waals surface area (Å²) in [5.41, 5.74) is 0. The van der Waals surface area contributed by atoms with Crippen LogP contribution in [0.25, 0.3) is 0 Å². The van der Waals surface area contributed by atoms with Gasteiger partial charge in [0.25, 0.3) is 0 Å². The predicted octanol–water partition coefficient (Wildman–Crippen LogP) is 2.91. The van der Waals surface area contributed by atoms with Crippen molar-refractivity contribution >= 4 is 17.3 Å². The first-order valence-corrected chi connectivity index (χ1v) is 10.3. The largest absolute Gasteiger partial charge is 0.377 e. The molecule has 0 bridgehead atoms. The Bertz CT molecular complexity index is 496. The molecule has 25 heavy (non-hydrogen) atoms. The number of guanidine groups is 1. The van der Waals surface area contributed by atoms with Crippen LogP contribution in [0.15, 0.2) is 22.5 Å². The van der Waals surface area contributed by atoms with Crippen LogP contribution in [0.3, 0.4) is 0 Å². The number of nitrogens with one attached hydrogen (secondary N) is 2. The summed E-state index contributed by atoms with van der Waals surface area (Å²) in [5, 5.41) is 9.20. The third-order valence-electron chi connectivity index (χ3n) is 4.62. The summed E-state index contributed by atoms with van der Waals surface area (Å²) in [5.74, 6) is 1.42. The van der Waals surface area contributed by atoms with Crippen LogP contribution in [-0.2, 0) is 4.74 Å². The van der Waals surface area contributed by atoms with Gasteiger partial charge < -0.3 is 20.3 Å². The molecule has 0 radical (unpaired) electrons. The van der Waals surface area contributed by atoms with E-state index in [2.05, 4.69) is 58.8 Å². The zero-order valence-corrected chi connectivity index (χ0v) is 16.9. The monoisotopic (exact) mass is 366 g/mol. The predicted molar refractivity (Wildman–Crippen MR) is 108 cm³/mol. The van der Waals surface area contributed by atoms with Crippen LogP contribution in [-0.4, -0.2) is 62.8 Å². The van der Waals surface area contributed by atoms with Crippen molar-refractivity contribution in [2.75, 3.05) is 39.8 Å². The lowest BCUT2D eigenvalue weighted by atomic mass is 10.1. The lowest BCUT2D eigenvalue weighted by Crippen LogP contribution is -2.49. The van der Waals surface area contributed by atoms with Gasteiger partial charge in [0.15, 0.2) is 5.96 Å². The van der Waals surface area contributed by atoms with Crippen molar-refractivity contribution in [3.8, 4) is 0 Å². The number of likely N-dealkylation sites (tertiary alicyclic amines) is 1. The van der Waals surface area contributed by atoms with E-state index in [1.165, 1.54) is 4.88 Å². The lowest BCUT2D eigenvalue weighted by Gasteiger charge is -2.33. The normalized spacial score (nSPS) is 18.5. The molecule has 2 N–H and O–H groups in total. The van der Waals surface area contributed by atoms with Gasteiger partial charge in [-0.15, -0.1) is 11.3 Å². The Labute approximate surface area is 156 Å². The Morgan fingerprint density at radius 2 is 2.12 bits per heavy atom. The van der Waals surface area contributed by atoms with Crippen LogP contribution < -0.4 is 10.6 Å². The molecule has 1 aliphatic heterocycles. The summed E-state index contributed by atoms with van der Waals surface area (Å²) in [4.78, 5) is 8.30. The molecule has 0 saturated carbocycles. The fraction of sp³-hybridized carbons (Fsp3) is 0.737. The molecule has 142 valence electrons. The van der Waals surface area contributed by atoms with Gasteiger partial charge in [-0.2, -0.15) is 0 Å². The summed E-state index contributed by atoms with van der Waals surface area (Å²) >= 11 is 1.82. The molecule has 1 fully saturated rings. The second-order valence-electron chi connectivity index (χ2n) is 7.05. The fourth-order valence-electron chi connectivity index (χ4n) is 3.03. The van der Waals surface area contributed by atoms with Gasteiger partial charge in [-0.1, -0.05) is 13.0 Å². The van der Waals surface area contributed by atoms with Crippen molar-refractivity contribution in [1.29, 1.82) is 0 Å². The molecule has 2 heterocycles. The van der Waals surface area contributed by atoms with E-state index in [9.17, 15) is 0 Å². The van der Waals surface area contributed by atoms with Crippen molar-refractivity contribution in [1.82, 2.24) is 15.5 Å². The number of rotatable bonds is 8. The van der Waals surface area contributed by atoms with Gasteiger partial charge in [0, 0.05) is 50.1 Å². The average molecular weight is 367 g/mol. The summed E-state index contributed by atoms with van der Waals surface area (Å²) < 4.78 is 5.65. The average Bonchev–Trinajstić information content (AvgIpc) is 3.14. The quantitative estimate of drug-likeness (QED) is 0.549. The molecule has 1 aromatic heterocycles. The lowest BCUT2D eigenvalue weighted by molar-refractivity contribution is 0.0532. The van der Waals surface area contributed by atoms with Crippen LogP contribution in [0.1, 0.15) is 44.4 Å². The number of hydrogen-bond donors (Lipinski definition) is 2. The zero-order valence-electron chi connectivity index (χ0n) is 16.1. The second-order valence-corrected chi connectivity index (χ2v) is 8.03. The highest BCUT2D eigenvalue weighted by atomic mass is 32.1. The minimum Gasteiger partial charge on any atom is -0.377 e. The minimum absolute atomic E-state index is 0.324. The maximum atomic E-state index is 5.65. The Morgan fingerprint density at radius 3 is 2.72 bits per heavy atom. The SMILES string of the molecule is CN=C(NCC(C)c1cccs1)NC1CCN(CCOC(C)C)CC1. The Balaban J connectivity index is 1.65. The smallest absolute Gasteiger partial charge is 0.191 e. The molecule has 0 aromatic carbocycles. The van der Waals surface area contributed by atoms with E-state index in [0.717, 1.165) is 51.6 Å². The molecular formula is C19H34N4OS. The van der Waals surface area contributed by atoms with Crippen LogP contribution in [0.2, 0.25) is 0 Å². The van der Waals surface area contributed by atoms with Gasteiger partial charge in [-0.3, -0.25) is 4.99 Å². The van der Waals surface area contributed by atoms with Crippen LogP contribution >= 0.6 is 11.3 Å². The van der Waals surface area contributed by atoms with Crippen LogP contribution in [0.5, 0.6) is 0 Å². The van der Waals surface area contributed by atoms with Gasteiger partial charge in [0.05, 0.1) is 12.7 Å². The first kappa shape index (κ1) is 20.2. The standard InChI is InChI=1S/C19H34N4OS/c1-15(2)24-12-11-23-9-7-17(8-10-23)22-19(20-4)21-14-16(3)18-6-5-13-25-18/h5-6,13,15-17H,7-12,14H2,1-4H3,(H2,20,21,22). The topological polar surface area (TPSA) is 48.9 Å². The zero-order chi connectivity index (χ0) is 18.1. The molecule has 1 aromatic rings. The minimum atomic E-state index is 0.324. The van der Waals surface area contributed by atoms with E-state index in [4.69, 9.17) is 4.74 Å². The maximum Gasteiger partial charge on any atom is 0.191 e. The van der Waals surface area contributed by atoms with E-state index in [1.807, 2.05) is 18.4 Å². The van der Waals surface area contributed by atoms with E-state index in [-0.39, 0.29) is 0 Å². The molecule has 0 aliphatic carbocycles. The molecule has 0 amide bonds. The van der Waals surface area contributed by atoms with Gasteiger partial charge in [-0.05, 0) is 38.1 Å². The Hall–Kier alpha value is -1.11. The molecule has 1 aliphatic rings. The van der Waals surface area contributed by atoms with E-state index in [0.29, 0.717) is 18.1 Å². The fourth-order valence-corrected chi connectivity index (χ4v) is 3.82. The number of aliphatic imine (C=N–C) groups is 1. The van der Waals surface area contributed by atoms with Gasteiger partial charge in [-0.25, -0.2) is 0 Å². The number of piperidine rings is 1. The molecule has 1 unspecified atom stereocenters. The summed E-state index contributed by atoms with van der Waals surface area (Å²) in [6.07, 6.45) is 2.64. The molecular weight excluding hydrogens is 332 g/mol. The van der Waals surface area contributed by atoms with E-state index in [1.54, 1.807) is 0 Å². The highest BCUT2D eigenvalue weighted by molar-refractivity contribution is 7.10. The third kappa shape index (κ3) is 7.34. The molecule has 5 nitrogen and oxygen atoms in total. The molecule has 1 atom stereocenters. The Morgan fingerprint density at radius 1 is 1.36 bits per heavy atom. The van der Waals surface area contributed by atoms with Gasteiger partial charge >= 0.3 is 0 Å². The van der Waals surface area contributed by atoms with E-state index >= 15 is 0 Å². The molecule has 2 rings (SSSR count). The summed E-state index contributed by atoms with van der Waals surface area (Å²) in [6.45, 7) is 11.5. The van der Waals surface area contributed by atoms with Crippen molar-refractivity contribution in [2.24, 2.45) is 4.99 Å². The number of thiophene rings is 1. The second kappa shape index (κ2) is 10.8. The molecule has 1 saturated heterocycles. The number of nitrogens with zero attached hydrogens (tertiary/aromatic N) is 2. The highest BCUT2D eigenvalue weighted by Crippen LogP contribution is 2.19. The Kier molecular flexibility index (Phi) is 8.72. The van der Waals surface area contributed by atoms with Gasteiger partial charge in [0.1, 0.15) is 0 Å². The first-order valence-electron chi connectivity index (χ1n) is 9.43. The maximum absolute atomic E-state index is 5.65. The van der Waals surface area contributed by atoms with Crippen LogP contribution in [0, 0.1) is 0 Å². The number of hydrogen-bond acceptors (Lipinski definition) is 4. The van der Waals surface area contributed by atoms with E-state index < -0.39 is 0 Å². The first-order chi connectivity index (χ1) is 12.1. The third-order valence-corrected chi connectivity index (χ3v) is 5.72. The van der Waals surface area contributed by atoms with Crippen molar-refractivity contribution in [3.05, 3.63) is 22.4 Å². The number of ether oxygens (including phenoxy) is 1. The highest BCUT2D eigenvalue weighted by Gasteiger charge is 2.20. The summed E-state index contributed by atoms with van der Waals surface area (Å²) in [7, 11) is 1.85. The molecule has 0 spiro atoms. The van der Waals surface area contributed by atoms with Crippen molar-refractivity contribution in [2.45, 2.75) is 51.7 Å².